The second kappa shape index (κ2) is 9.27. The maximum atomic E-state index is 13.2. The van der Waals surface area contributed by atoms with E-state index in [-0.39, 0.29) is 22.9 Å². The maximum absolute atomic E-state index is 13.2. The number of piperidine rings is 1. The van der Waals surface area contributed by atoms with E-state index in [1.807, 2.05) is 24.3 Å². The minimum Gasteiger partial charge on any atom is -0.497 e. The molecule has 178 valence electrons. The Balaban J connectivity index is 1.32. The van der Waals surface area contributed by atoms with E-state index in [1.54, 1.807) is 42.0 Å². The number of nitrogens with zero attached hydrogens (tertiary/aromatic N) is 2. The van der Waals surface area contributed by atoms with Crippen molar-refractivity contribution in [3.8, 4) is 5.75 Å². The van der Waals surface area contributed by atoms with Crippen LogP contribution in [0.15, 0.2) is 71.5 Å². The molecule has 2 aromatic carbocycles. The van der Waals surface area contributed by atoms with E-state index in [0.29, 0.717) is 18.0 Å². The zero-order valence-corrected chi connectivity index (χ0v) is 20.0. The number of anilines is 1. The highest BCUT2D eigenvalue weighted by atomic mass is 32.2. The summed E-state index contributed by atoms with van der Waals surface area (Å²) < 4.78 is 34.9. The fourth-order valence-electron chi connectivity index (χ4n) is 5.24. The smallest absolute Gasteiger partial charge is 0.275 e. The molecule has 0 aliphatic carbocycles. The highest BCUT2D eigenvalue weighted by molar-refractivity contribution is 7.91. The Morgan fingerprint density at radius 3 is 2.44 bits per heavy atom. The number of rotatable bonds is 7. The molecule has 34 heavy (non-hydrogen) atoms. The summed E-state index contributed by atoms with van der Waals surface area (Å²) in [5.41, 5.74) is 2.77. The number of ether oxygens (including phenoxy) is 1. The van der Waals surface area contributed by atoms with Gasteiger partial charge in [-0.15, -0.1) is 0 Å². The summed E-state index contributed by atoms with van der Waals surface area (Å²) in [6, 6.07) is 20.7. The van der Waals surface area contributed by atoms with Crippen molar-refractivity contribution in [3.63, 3.8) is 0 Å². The van der Waals surface area contributed by atoms with Crippen molar-refractivity contribution in [3.05, 3.63) is 93.9 Å². The zero-order valence-electron chi connectivity index (χ0n) is 19.2. The van der Waals surface area contributed by atoms with Gasteiger partial charge in [0.25, 0.3) is 5.56 Å². The molecular weight excluding hydrogens is 450 g/mol. The Morgan fingerprint density at radius 2 is 1.71 bits per heavy atom. The van der Waals surface area contributed by atoms with Gasteiger partial charge in [0, 0.05) is 37.8 Å². The van der Waals surface area contributed by atoms with Gasteiger partial charge in [-0.2, -0.15) is 0 Å². The lowest BCUT2D eigenvalue weighted by Gasteiger charge is -2.43. The van der Waals surface area contributed by atoms with E-state index in [9.17, 15) is 13.2 Å². The topological polar surface area (TPSA) is 80.6 Å². The third kappa shape index (κ3) is 4.88. The molecule has 2 aliphatic heterocycles. The monoisotopic (exact) mass is 479 g/mol. The van der Waals surface area contributed by atoms with Gasteiger partial charge in [-0.25, -0.2) is 8.42 Å². The molecule has 2 aliphatic rings. The first-order valence-electron chi connectivity index (χ1n) is 11.5. The van der Waals surface area contributed by atoms with Gasteiger partial charge < -0.3 is 9.30 Å². The third-order valence-electron chi connectivity index (χ3n) is 6.71. The van der Waals surface area contributed by atoms with Crippen LogP contribution < -0.4 is 15.0 Å². The average molecular weight is 480 g/mol. The summed E-state index contributed by atoms with van der Waals surface area (Å²) in [7, 11) is -2.02. The largest absolute Gasteiger partial charge is 0.497 e. The number of hydrogen-bond donors (Lipinski definition) is 1. The number of fused-ring (bicyclic) bond motifs is 4. The van der Waals surface area contributed by atoms with Crippen LogP contribution >= 0.6 is 0 Å². The molecule has 0 saturated carbocycles. The Labute approximate surface area is 200 Å². The fraction of sp³-hybridized carbons (Fsp3) is 0.346. The van der Waals surface area contributed by atoms with Gasteiger partial charge in [0.1, 0.15) is 11.4 Å². The average Bonchev–Trinajstić information content (AvgIpc) is 2.82. The van der Waals surface area contributed by atoms with Gasteiger partial charge in [0.05, 0.1) is 12.9 Å². The predicted octanol–water partition coefficient (Wildman–Crippen LogP) is 3.42. The second-order valence-electron chi connectivity index (χ2n) is 9.28. The highest BCUT2D eigenvalue weighted by Gasteiger charge is 2.35. The first-order chi connectivity index (χ1) is 16.4. The van der Waals surface area contributed by atoms with Crippen molar-refractivity contribution in [2.75, 3.05) is 24.9 Å². The molecule has 0 amide bonds. The first-order valence-corrected chi connectivity index (χ1v) is 13.2. The predicted molar refractivity (Wildman–Crippen MR) is 133 cm³/mol. The molecule has 8 heteroatoms. The molecule has 1 N–H and O–H groups in total. The lowest BCUT2D eigenvalue weighted by molar-refractivity contribution is 0.114. The van der Waals surface area contributed by atoms with Gasteiger partial charge >= 0.3 is 0 Å². The second-order valence-corrected chi connectivity index (χ2v) is 11.0. The van der Waals surface area contributed by atoms with Crippen LogP contribution in [0.1, 0.15) is 29.2 Å². The van der Waals surface area contributed by atoms with E-state index < -0.39 is 10.0 Å². The molecular formula is C26H29N3O4S. The normalized spacial score (nSPS) is 19.9. The number of hydrogen-bond acceptors (Lipinski definition) is 5. The number of aromatic nitrogens is 1. The number of sulfonamides is 1. The number of benzene rings is 2. The molecule has 3 heterocycles. The van der Waals surface area contributed by atoms with Gasteiger partial charge in [-0.1, -0.05) is 42.5 Å². The lowest BCUT2D eigenvalue weighted by Crippen LogP contribution is -2.47. The van der Waals surface area contributed by atoms with Crippen molar-refractivity contribution in [1.82, 2.24) is 9.47 Å². The summed E-state index contributed by atoms with van der Waals surface area (Å²) >= 11 is 0. The van der Waals surface area contributed by atoms with Crippen molar-refractivity contribution in [2.24, 2.45) is 5.92 Å². The Hall–Kier alpha value is -3.10. The number of methoxy groups -OCH3 is 1. The molecule has 3 aromatic rings. The van der Waals surface area contributed by atoms with Crippen LogP contribution in [0, 0.1) is 5.92 Å². The van der Waals surface area contributed by atoms with Gasteiger partial charge in [-0.05, 0) is 47.7 Å². The standard InChI is InChI=1S/C26H29N3O4S/c1-33-23-9-7-19(8-10-23)14-28-15-21-13-22(17-28)25-12-11-24(26(30)29(25)16-21)27-34(31,32)18-20-5-3-2-4-6-20/h2-12,21-22,27H,13-18H2,1H3. The molecule has 5 rings (SSSR count). The Kier molecular flexibility index (Phi) is 6.18. The maximum Gasteiger partial charge on any atom is 0.275 e. The van der Waals surface area contributed by atoms with E-state index in [2.05, 4.69) is 21.8 Å². The molecule has 0 spiro atoms. The minimum absolute atomic E-state index is 0.120. The van der Waals surface area contributed by atoms with Crippen molar-refractivity contribution in [2.45, 2.75) is 31.2 Å². The molecule has 1 saturated heterocycles. The van der Waals surface area contributed by atoms with E-state index >= 15 is 0 Å². The van der Waals surface area contributed by atoms with Crippen LogP contribution in [0.2, 0.25) is 0 Å². The zero-order chi connectivity index (χ0) is 23.7. The van der Waals surface area contributed by atoms with Crippen LogP contribution in [0.5, 0.6) is 5.75 Å². The Bertz CT molecular complexity index is 1320. The summed E-state index contributed by atoms with van der Waals surface area (Å²) in [6.45, 7) is 3.26. The van der Waals surface area contributed by atoms with Gasteiger partial charge in [-0.3, -0.25) is 14.4 Å². The van der Waals surface area contributed by atoms with Crippen LogP contribution in [-0.2, 0) is 28.9 Å². The van der Waals surface area contributed by atoms with E-state index in [4.69, 9.17) is 4.74 Å². The van der Waals surface area contributed by atoms with Gasteiger partial charge in [0.2, 0.25) is 10.0 Å². The quantitative estimate of drug-likeness (QED) is 0.562. The van der Waals surface area contributed by atoms with Crippen molar-refractivity contribution >= 4 is 15.7 Å². The summed E-state index contributed by atoms with van der Waals surface area (Å²) in [5.74, 6) is 1.30. The Morgan fingerprint density at radius 1 is 0.941 bits per heavy atom. The molecule has 0 radical (unpaired) electrons. The van der Waals surface area contributed by atoms with Crippen molar-refractivity contribution < 1.29 is 13.2 Å². The minimum atomic E-state index is -3.68. The fourth-order valence-corrected chi connectivity index (χ4v) is 6.43. The number of likely N-dealkylation sites (tertiary alicyclic amines) is 1. The molecule has 1 fully saturated rings. The lowest BCUT2D eigenvalue weighted by atomic mass is 9.83. The van der Waals surface area contributed by atoms with E-state index in [1.165, 1.54) is 5.56 Å². The van der Waals surface area contributed by atoms with E-state index in [0.717, 1.165) is 37.5 Å². The summed E-state index contributed by atoms with van der Waals surface area (Å²) in [6.07, 6.45) is 1.05. The number of pyridine rings is 1. The molecule has 7 nitrogen and oxygen atoms in total. The third-order valence-corrected chi connectivity index (χ3v) is 7.95. The van der Waals surface area contributed by atoms with Crippen molar-refractivity contribution in [1.29, 1.82) is 0 Å². The van der Waals surface area contributed by atoms with Gasteiger partial charge in [0.15, 0.2) is 0 Å². The highest BCUT2D eigenvalue weighted by Crippen LogP contribution is 2.36. The molecule has 2 bridgehead atoms. The van der Waals surface area contributed by atoms with Crippen LogP contribution in [0.3, 0.4) is 0 Å². The summed E-state index contributed by atoms with van der Waals surface area (Å²) in [4.78, 5) is 15.7. The molecule has 2 unspecified atom stereocenters. The number of nitrogens with one attached hydrogen (secondary N) is 1. The molecule has 1 aromatic heterocycles. The summed E-state index contributed by atoms with van der Waals surface area (Å²) in [5, 5.41) is 0. The first kappa shape index (κ1) is 22.7. The van der Waals surface area contributed by atoms with Crippen LogP contribution in [0.25, 0.3) is 0 Å². The SMILES string of the molecule is COc1ccc(CN2CC3CC(C2)c2ccc(NS(=O)(=O)Cc4ccccc4)c(=O)n2C3)cc1. The van der Waals surface area contributed by atoms with Crippen LogP contribution in [-0.4, -0.2) is 38.1 Å². The molecule has 2 atom stereocenters. The van der Waals surface area contributed by atoms with Crippen LogP contribution in [0.4, 0.5) is 5.69 Å².